The zero-order chi connectivity index (χ0) is 28.3. The highest BCUT2D eigenvalue weighted by molar-refractivity contribution is 5.99. The number of nitrogens with two attached hydrogens (primary N) is 3. The van der Waals surface area contributed by atoms with Gasteiger partial charge in [-0.1, -0.05) is 36.4 Å². The minimum absolute atomic E-state index is 0.0593. The van der Waals surface area contributed by atoms with Crippen molar-refractivity contribution in [3.63, 3.8) is 0 Å². The van der Waals surface area contributed by atoms with Gasteiger partial charge in [0.05, 0.1) is 5.56 Å². The van der Waals surface area contributed by atoms with Crippen molar-refractivity contribution in [1.82, 2.24) is 10.2 Å². The summed E-state index contributed by atoms with van der Waals surface area (Å²) in [5, 5.41) is 15.2. The van der Waals surface area contributed by atoms with Crippen LogP contribution >= 0.6 is 0 Å². The number of aliphatic hydroxyl groups excluding tert-OH is 1. The fraction of sp³-hybridized carbons (Fsp3) is 0.400. The normalized spacial score (nSPS) is 13.8. The molecule has 0 bridgehead atoms. The quantitative estimate of drug-likeness (QED) is 0.211. The Balaban J connectivity index is 2.18. The van der Waals surface area contributed by atoms with Gasteiger partial charge in [-0.3, -0.25) is 14.4 Å². The van der Waals surface area contributed by atoms with E-state index in [4.69, 9.17) is 17.2 Å². The zero-order valence-electron chi connectivity index (χ0n) is 20.7. The average molecular weight is 539 g/mol. The van der Waals surface area contributed by atoms with Gasteiger partial charge in [0.2, 0.25) is 11.8 Å². The lowest BCUT2D eigenvalue weighted by Gasteiger charge is -2.27. The molecule has 13 heteroatoms. The molecule has 2 aromatic carbocycles. The van der Waals surface area contributed by atoms with Crippen LogP contribution in [0.1, 0.15) is 17.5 Å². The molecule has 2 rings (SSSR count). The monoisotopic (exact) mass is 538 g/mol. The number of carbonyl (C=O) groups excluding carboxylic acids is 3. The number of aryl methyl sites for hydroxylation is 1. The fourth-order valence-corrected chi connectivity index (χ4v) is 3.62. The van der Waals surface area contributed by atoms with Crippen molar-refractivity contribution in [2.75, 3.05) is 31.5 Å². The van der Waals surface area contributed by atoms with E-state index >= 15 is 0 Å². The number of hydrogen-bond acceptors (Lipinski definition) is 7. The molecule has 10 nitrogen and oxygen atoms in total. The van der Waals surface area contributed by atoms with Gasteiger partial charge in [-0.15, -0.1) is 0 Å². The van der Waals surface area contributed by atoms with Gasteiger partial charge in [-0.25, -0.2) is 0 Å². The highest BCUT2D eigenvalue weighted by Gasteiger charge is 2.34. The first kappa shape index (κ1) is 30.7. The number of anilines is 1. The number of alkyl halides is 3. The topological polar surface area (TPSA) is 177 Å². The van der Waals surface area contributed by atoms with Crippen molar-refractivity contribution in [3.05, 3.63) is 65.7 Å². The summed E-state index contributed by atoms with van der Waals surface area (Å²) in [5.41, 5.74) is 16.6. The van der Waals surface area contributed by atoms with Gasteiger partial charge >= 0.3 is 6.18 Å². The SMILES string of the molecule is NCCN(CCN)C(=O)[C@@H](O)C(N)C(=O)N[C@@H](CCc1ccccc1)C(=O)Nc1cccc(C(F)(F)F)c1. The number of hydrogen-bond donors (Lipinski definition) is 6. The Morgan fingerprint density at radius 3 is 2.16 bits per heavy atom. The van der Waals surface area contributed by atoms with Crippen LogP contribution in [-0.2, 0) is 27.0 Å². The minimum atomic E-state index is -4.61. The second-order valence-corrected chi connectivity index (χ2v) is 8.53. The Bertz CT molecular complexity index is 1060. The summed E-state index contributed by atoms with van der Waals surface area (Å²) in [7, 11) is 0. The number of rotatable bonds is 13. The Morgan fingerprint density at radius 2 is 1.58 bits per heavy atom. The van der Waals surface area contributed by atoms with Crippen LogP contribution in [-0.4, -0.2) is 72.1 Å². The van der Waals surface area contributed by atoms with Crippen LogP contribution < -0.4 is 27.8 Å². The molecule has 0 fully saturated rings. The van der Waals surface area contributed by atoms with Gasteiger partial charge in [0.15, 0.2) is 6.10 Å². The third-order valence-corrected chi connectivity index (χ3v) is 5.66. The molecular weight excluding hydrogens is 505 g/mol. The summed E-state index contributed by atoms with van der Waals surface area (Å²) in [6.45, 7) is 0.357. The van der Waals surface area contributed by atoms with Crippen molar-refractivity contribution in [2.24, 2.45) is 17.2 Å². The van der Waals surface area contributed by atoms with Crippen LogP contribution in [0.3, 0.4) is 0 Å². The van der Waals surface area contributed by atoms with E-state index < -0.39 is 47.6 Å². The lowest BCUT2D eigenvalue weighted by atomic mass is 10.0. The largest absolute Gasteiger partial charge is 0.416 e. The molecular formula is C25H33F3N6O4. The van der Waals surface area contributed by atoms with Gasteiger partial charge in [-0.2, -0.15) is 13.2 Å². The second-order valence-electron chi connectivity index (χ2n) is 8.53. The first-order valence-corrected chi connectivity index (χ1v) is 11.9. The van der Waals surface area contributed by atoms with E-state index in [-0.39, 0.29) is 38.3 Å². The molecule has 3 atom stereocenters. The average Bonchev–Trinajstić information content (AvgIpc) is 2.89. The molecule has 0 aliphatic heterocycles. The summed E-state index contributed by atoms with van der Waals surface area (Å²) >= 11 is 0. The van der Waals surface area contributed by atoms with Crippen LogP contribution in [0.15, 0.2) is 54.6 Å². The summed E-state index contributed by atoms with van der Waals surface area (Å²) in [6, 6.07) is 10.1. The van der Waals surface area contributed by atoms with E-state index in [1.54, 1.807) is 30.3 Å². The van der Waals surface area contributed by atoms with Crippen molar-refractivity contribution >= 4 is 23.4 Å². The molecule has 0 aliphatic carbocycles. The predicted octanol–water partition coefficient (Wildman–Crippen LogP) is 0.196. The van der Waals surface area contributed by atoms with Crippen LogP contribution in [0.4, 0.5) is 18.9 Å². The highest BCUT2D eigenvalue weighted by atomic mass is 19.4. The molecule has 208 valence electrons. The molecule has 0 aliphatic rings. The molecule has 38 heavy (non-hydrogen) atoms. The van der Waals surface area contributed by atoms with E-state index in [9.17, 15) is 32.7 Å². The Kier molecular flexibility index (Phi) is 11.7. The van der Waals surface area contributed by atoms with E-state index in [1.165, 1.54) is 11.0 Å². The summed E-state index contributed by atoms with van der Waals surface area (Å²) in [4.78, 5) is 39.6. The summed E-state index contributed by atoms with van der Waals surface area (Å²) in [6.07, 6.45) is -6.16. The Labute approximate surface area is 218 Å². The number of carbonyl (C=O) groups is 3. The Hall–Kier alpha value is -3.52. The van der Waals surface area contributed by atoms with Crippen LogP contribution in [0.25, 0.3) is 0 Å². The van der Waals surface area contributed by atoms with Crippen LogP contribution in [0, 0.1) is 0 Å². The molecule has 0 saturated carbocycles. The Morgan fingerprint density at radius 1 is 0.947 bits per heavy atom. The highest BCUT2D eigenvalue weighted by Crippen LogP contribution is 2.30. The van der Waals surface area contributed by atoms with Crippen molar-refractivity contribution in [3.8, 4) is 0 Å². The molecule has 2 aromatic rings. The number of nitrogens with zero attached hydrogens (tertiary/aromatic N) is 1. The first-order chi connectivity index (χ1) is 18.0. The number of amides is 3. The van der Waals surface area contributed by atoms with Crippen molar-refractivity contribution in [1.29, 1.82) is 0 Å². The van der Waals surface area contributed by atoms with Crippen LogP contribution in [0.2, 0.25) is 0 Å². The maximum atomic E-state index is 13.1. The molecule has 0 heterocycles. The third-order valence-electron chi connectivity index (χ3n) is 5.66. The first-order valence-electron chi connectivity index (χ1n) is 11.9. The van der Waals surface area contributed by atoms with E-state index in [0.29, 0.717) is 6.42 Å². The molecule has 0 aromatic heterocycles. The van der Waals surface area contributed by atoms with E-state index in [0.717, 1.165) is 23.8 Å². The van der Waals surface area contributed by atoms with Gasteiger partial charge in [0, 0.05) is 31.9 Å². The molecule has 0 saturated heterocycles. The minimum Gasteiger partial charge on any atom is -0.381 e. The zero-order valence-corrected chi connectivity index (χ0v) is 20.7. The molecule has 3 amide bonds. The third kappa shape index (κ3) is 9.10. The molecule has 0 radical (unpaired) electrons. The van der Waals surface area contributed by atoms with Gasteiger partial charge in [0.1, 0.15) is 12.1 Å². The van der Waals surface area contributed by atoms with E-state index in [1.807, 2.05) is 0 Å². The number of aliphatic hydroxyl groups is 1. The number of halogens is 3. The fourth-order valence-electron chi connectivity index (χ4n) is 3.62. The lowest BCUT2D eigenvalue weighted by Crippen LogP contribution is -2.58. The van der Waals surface area contributed by atoms with Crippen molar-refractivity contribution < 1.29 is 32.7 Å². The van der Waals surface area contributed by atoms with Gasteiger partial charge in [0.25, 0.3) is 5.91 Å². The molecule has 1 unspecified atom stereocenters. The second kappa shape index (κ2) is 14.4. The molecule has 9 N–H and O–H groups in total. The standard InChI is InChI=1S/C25H33F3N6O4/c26-25(27,28)17-7-4-8-18(15-17)32-22(36)19(10-9-16-5-2-1-3-6-16)33-23(37)20(31)21(35)24(38)34(13-11-29)14-12-30/h1-8,15,19-21,35H,9-14,29-31H2,(H,32,36)(H,33,37)/t19-,20?,21-/m0/s1. The van der Waals surface area contributed by atoms with E-state index in [2.05, 4.69) is 10.6 Å². The van der Waals surface area contributed by atoms with Crippen LogP contribution in [0.5, 0.6) is 0 Å². The lowest BCUT2D eigenvalue weighted by molar-refractivity contribution is -0.144. The number of benzene rings is 2. The maximum absolute atomic E-state index is 13.1. The summed E-state index contributed by atoms with van der Waals surface area (Å²) < 4.78 is 39.2. The van der Waals surface area contributed by atoms with Crippen molar-refractivity contribution in [2.45, 2.75) is 37.2 Å². The summed E-state index contributed by atoms with van der Waals surface area (Å²) in [5.74, 6) is -2.64. The predicted molar refractivity (Wildman–Crippen MR) is 135 cm³/mol. The smallest absolute Gasteiger partial charge is 0.381 e. The molecule has 0 spiro atoms. The number of nitrogens with one attached hydrogen (secondary N) is 2. The van der Waals surface area contributed by atoms with Gasteiger partial charge < -0.3 is 37.8 Å². The maximum Gasteiger partial charge on any atom is 0.416 e. The van der Waals surface area contributed by atoms with Gasteiger partial charge in [-0.05, 0) is 36.6 Å².